The van der Waals surface area contributed by atoms with Crippen molar-refractivity contribution in [2.24, 2.45) is 5.92 Å². The summed E-state index contributed by atoms with van der Waals surface area (Å²) in [6.07, 6.45) is 11.1. The van der Waals surface area contributed by atoms with Crippen molar-refractivity contribution in [2.75, 3.05) is 63.8 Å². The van der Waals surface area contributed by atoms with Crippen LogP contribution in [0.15, 0.2) is 109 Å². The molecular weight excluding hydrogens is 891 g/mol. The number of anilines is 1. The maximum Gasteiger partial charge on any atom is 0.262 e. The molecule has 11 rings (SSSR count). The lowest BCUT2D eigenvalue weighted by molar-refractivity contribution is -0.136. The minimum Gasteiger partial charge on any atom is -0.369 e. The van der Waals surface area contributed by atoms with Crippen LogP contribution in [-0.2, 0) is 22.6 Å². The highest BCUT2D eigenvalue weighted by atomic mass is 16.2. The molecule has 3 fully saturated rings. The Kier molecular flexibility index (Phi) is 12.8. The van der Waals surface area contributed by atoms with E-state index in [0.717, 1.165) is 120 Å². The Morgan fingerprint density at radius 2 is 1.46 bits per heavy atom. The number of pyridine rings is 1. The Balaban J connectivity index is 0.604. The van der Waals surface area contributed by atoms with Gasteiger partial charge in [0.2, 0.25) is 11.8 Å². The molecule has 14 heteroatoms. The number of aromatic nitrogens is 3. The van der Waals surface area contributed by atoms with E-state index in [-0.39, 0.29) is 24.7 Å². The van der Waals surface area contributed by atoms with Gasteiger partial charge in [-0.05, 0) is 116 Å². The average Bonchev–Trinajstić information content (AvgIpc) is 3.65. The van der Waals surface area contributed by atoms with Crippen molar-refractivity contribution in [3.8, 4) is 23.2 Å². The highest BCUT2D eigenvalue weighted by molar-refractivity contribution is 6.23. The zero-order valence-electron chi connectivity index (χ0n) is 39.4. The lowest BCUT2D eigenvalue weighted by atomic mass is 9.96. The number of para-hydroxylation sites is 1. The molecule has 4 aromatic carbocycles. The zero-order chi connectivity index (χ0) is 48.4. The number of imide groups is 2. The van der Waals surface area contributed by atoms with Gasteiger partial charge in [0, 0.05) is 85.8 Å². The molecule has 0 aliphatic carbocycles. The van der Waals surface area contributed by atoms with Gasteiger partial charge in [0.1, 0.15) is 6.04 Å². The number of piperidine rings is 2. The quantitative estimate of drug-likeness (QED) is 0.0982. The number of carbonyl (C=O) groups excluding carboxylic acids is 5. The summed E-state index contributed by atoms with van der Waals surface area (Å²) in [5.41, 5.74) is 8.97. The summed E-state index contributed by atoms with van der Waals surface area (Å²) in [4.78, 5) is 88.4. The van der Waals surface area contributed by atoms with Gasteiger partial charge in [-0.2, -0.15) is 0 Å². The van der Waals surface area contributed by atoms with Crippen molar-refractivity contribution in [1.82, 2.24) is 39.9 Å². The summed E-state index contributed by atoms with van der Waals surface area (Å²) in [6.45, 7) is 8.41. The third-order valence-electron chi connectivity index (χ3n) is 14.5. The van der Waals surface area contributed by atoms with Gasteiger partial charge in [-0.1, -0.05) is 66.5 Å². The number of piperazine rings is 1. The van der Waals surface area contributed by atoms with E-state index in [1.54, 1.807) is 18.3 Å². The molecule has 0 spiro atoms. The van der Waals surface area contributed by atoms with E-state index < -0.39 is 23.8 Å². The zero-order valence-corrected chi connectivity index (χ0v) is 39.4. The van der Waals surface area contributed by atoms with Crippen LogP contribution in [0.3, 0.4) is 0 Å². The van der Waals surface area contributed by atoms with Crippen molar-refractivity contribution in [3.63, 3.8) is 0 Å². The third kappa shape index (κ3) is 9.84. The van der Waals surface area contributed by atoms with Crippen LogP contribution >= 0.6 is 0 Å². The number of fused-ring (bicyclic) bond motifs is 3. The van der Waals surface area contributed by atoms with Crippen LogP contribution in [0.2, 0.25) is 0 Å². The average molecular weight is 944 g/mol. The Labute approximate surface area is 412 Å². The first-order valence-corrected chi connectivity index (χ1v) is 24.6. The molecule has 5 aliphatic heterocycles. The second-order valence-electron chi connectivity index (χ2n) is 19.1. The highest BCUT2D eigenvalue weighted by Gasteiger charge is 2.45. The van der Waals surface area contributed by atoms with Crippen LogP contribution in [0.5, 0.6) is 0 Å². The fraction of sp³-hybridized carbons (Fsp3) is 0.298. The smallest absolute Gasteiger partial charge is 0.262 e. The van der Waals surface area contributed by atoms with Crippen LogP contribution in [-0.4, -0.2) is 129 Å². The second kappa shape index (κ2) is 19.9. The molecule has 1 N–H and O–H groups in total. The predicted octanol–water partition coefficient (Wildman–Crippen LogP) is 6.35. The fourth-order valence-electron chi connectivity index (χ4n) is 10.4. The van der Waals surface area contributed by atoms with Gasteiger partial charge in [-0.15, -0.1) is 0 Å². The summed E-state index contributed by atoms with van der Waals surface area (Å²) in [7, 11) is 0. The van der Waals surface area contributed by atoms with Crippen molar-refractivity contribution in [1.29, 1.82) is 0 Å². The number of amides is 5. The van der Waals surface area contributed by atoms with Crippen LogP contribution in [0.1, 0.15) is 84.7 Å². The normalized spacial score (nSPS) is 18.9. The number of nitrogens with one attached hydrogen (secondary N) is 1. The molecular formula is C57H53N9O5. The fourth-order valence-corrected chi connectivity index (χ4v) is 10.4. The minimum absolute atomic E-state index is 0.0102. The number of carbonyl (C=O) groups is 5. The molecule has 356 valence electrons. The Hall–Kier alpha value is -7.86. The maximum atomic E-state index is 13.6. The topological polar surface area (TPSA) is 152 Å². The molecule has 5 aliphatic rings. The van der Waals surface area contributed by atoms with Gasteiger partial charge in [-0.25, -0.2) is 9.97 Å². The van der Waals surface area contributed by atoms with E-state index in [2.05, 4.69) is 84.3 Å². The van der Waals surface area contributed by atoms with Crippen LogP contribution < -0.4 is 10.2 Å². The van der Waals surface area contributed by atoms with Crippen LogP contribution in [0.25, 0.3) is 34.4 Å². The van der Waals surface area contributed by atoms with Crippen LogP contribution in [0.4, 0.5) is 5.69 Å². The van der Waals surface area contributed by atoms with E-state index >= 15 is 0 Å². The molecule has 5 amide bonds. The number of hydrogen-bond donors (Lipinski definition) is 1. The predicted molar refractivity (Wildman–Crippen MR) is 271 cm³/mol. The number of rotatable bonds is 9. The van der Waals surface area contributed by atoms with Gasteiger partial charge >= 0.3 is 0 Å². The van der Waals surface area contributed by atoms with E-state index in [1.165, 1.54) is 0 Å². The van der Waals surface area contributed by atoms with Crippen molar-refractivity contribution < 1.29 is 24.0 Å². The molecule has 14 nitrogen and oxygen atoms in total. The van der Waals surface area contributed by atoms with E-state index in [4.69, 9.17) is 4.98 Å². The first-order valence-electron chi connectivity index (χ1n) is 24.6. The van der Waals surface area contributed by atoms with Crippen LogP contribution in [0, 0.1) is 17.8 Å². The molecule has 2 aromatic heterocycles. The lowest BCUT2D eigenvalue weighted by Gasteiger charge is -2.39. The highest BCUT2D eigenvalue weighted by Crippen LogP contribution is 2.32. The number of hydrogen-bond acceptors (Lipinski definition) is 11. The third-order valence-corrected chi connectivity index (χ3v) is 14.5. The van der Waals surface area contributed by atoms with Crippen molar-refractivity contribution in [2.45, 2.75) is 44.7 Å². The summed E-state index contributed by atoms with van der Waals surface area (Å²) in [5.74, 6) is 6.04. The first-order chi connectivity index (χ1) is 34.7. The molecule has 6 aromatic rings. The number of nitrogens with zero attached hydrogens (tertiary/aromatic N) is 8. The van der Waals surface area contributed by atoms with E-state index in [9.17, 15) is 24.0 Å². The van der Waals surface area contributed by atoms with Gasteiger partial charge in [-0.3, -0.25) is 49.0 Å². The Bertz CT molecular complexity index is 3160. The summed E-state index contributed by atoms with van der Waals surface area (Å²) in [5, 5.41) is 3.29. The van der Waals surface area contributed by atoms with Crippen molar-refractivity contribution in [3.05, 3.63) is 154 Å². The molecule has 71 heavy (non-hydrogen) atoms. The minimum atomic E-state index is -0.967. The molecule has 7 heterocycles. The van der Waals surface area contributed by atoms with Gasteiger partial charge < -0.3 is 9.80 Å². The Morgan fingerprint density at radius 1 is 0.718 bits per heavy atom. The number of likely N-dealkylation sites (tertiary alicyclic amines) is 1. The van der Waals surface area contributed by atoms with Gasteiger partial charge in [0.25, 0.3) is 17.7 Å². The number of benzene rings is 4. The van der Waals surface area contributed by atoms with Gasteiger partial charge in [0.05, 0.1) is 35.4 Å². The molecule has 1 unspecified atom stereocenters. The molecule has 0 saturated carbocycles. The maximum absolute atomic E-state index is 13.6. The van der Waals surface area contributed by atoms with Crippen molar-refractivity contribution >= 4 is 58.3 Å². The van der Waals surface area contributed by atoms with E-state index in [1.807, 2.05) is 65.7 Å². The largest absolute Gasteiger partial charge is 0.369 e. The SMILES string of the molecule is O=C1CCC(N2C(=O)c3ccc(N4CCN(CC5CCN(CC#Cc6ccc(/C=C/c7ccc(C(=O)N8CCc9cnc(-c%10cnc%11ccccc%11c%10)nc9C8)cc7)cc6)CC5)CC4)cc3C2=O)C(=O)N1. The Morgan fingerprint density at radius 3 is 2.24 bits per heavy atom. The molecule has 0 radical (unpaired) electrons. The molecule has 3 saturated heterocycles. The monoisotopic (exact) mass is 943 g/mol. The standard InChI is InChI=1S/C57H53N9O5/c67-52-20-19-51(54(68)61-52)66-56(70)47-18-17-46(33-48(47)57(66)71)64-30-28-63(29-31-64)36-41-21-25-62(26-22-41)24-3-4-38-7-9-39(10-8-38)11-12-40-13-15-42(16-14-40)55(69)65-27-23-44-34-59-53(60-50(44)37-65)45-32-43-5-1-2-6-49(43)58-35-45/h1-2,5-18,32-35,41,51H,19-31,36-37H2,(H,61,67,68)/b12-11+. The summed E-state index contributed by atoms with van der Waals surface area (Å²) >= 11 is 0. The summed E-state index contributed by atoms with van der Waals surface area (Å²) in [6, 6.07) is 30.5. The second-order valence-corrected chi connectivity index (χ2v) is 19.1. The summed E-state index contributed by atoms with van der Waals surface area (Å²) < 4.78 is 0. The molecule has 0 bridgehead atoms. The first kappa shape index (κ1) is 45.6. The lowest BCUT2D eigenvalue weighted by Crippen LogP contribution is -2.54. The molecule has 1 atom stereocenters. The van der Waals surface area contributed by atoms with Gasteiger partial charge in [0.15, 0.2) is 5.82 Å². The van der Waals surface area contributed by atoms with E-state index in [0.29, 0.717) is 47.9 Å².